The molecule has 2 aliphatic heterocycles. The molecule has 158 valence electrons. The van der Waals surface area contributed by atoms with Crippen LogP contribution in [0.2, 0.25) is 5.02 Å². The summed E-state index contributed by atoms with van der Waals surface area (Å²) in [5.41, 5.74) is 1.95. The lowest BCUT2D eigenvalue weighted by Gasteiger charge is -2.38. The Kier molecular flexibility index (Phi) is 7.52. The molecule has 8 heteroatoms. The van der Waals surface area contributed by atoms with Gasteiger partial charge in [0, 0.05) is 36.9 Å². The van der Waals surface area contributed by atoms with E-state index in [-0.39, 0.29) is 12.6 Å². The van der Waals surface area contributed by atoms with Crippen molar-refractivity contribution in [3.05, 3.63) is 46.1 Å². The minimum absolute atomic E-state index is 0.214. The fraction of sp³-hybridized carbons (Fsp3) is 0.524. The van der Waals surface area contributed by atoms with Gasteiger partial charge in [-0.1, -0.05) is 23.7 Å². The minimum atomic E-state index is -0.594. The molecule has 2 N–H and O–H groups in total. The Morgan fingerprint density at radius 2 is 2.10 bits per heavy atom. The van der Waals surface area contributed by atoms with Crippen molar-refractivity contribution in [2.24, 2.45) is 0 Å². The van der Waals surface area contributed by atoms with Crippen LogP contribution >= 0.6 is 11.6 Å². The van der Waals surface area contributed by atoms with Gasteiger partial charge in [-0.2, -0.15) is 0 Å². The molecule has 2 amide bonds. The van der Waals surface area contributed by atoms with E-state index in [1.54, 1.807) is 24.0 Å². The van der Waals surface area contributed by atoms with Crippen LogP contribution in [0.15, 0.2) is 35.5 Å². The molecule has 1 unspecified atom stereocenters. The molecular formula is C21H29ClN4O3. The van der Waals surface area contributed by atoms with E-state index in [4.69, 9.17) is 16.3 Å². The molecule has 0 aromatic heterocycles. The average molecular weight is 421 g/mol. The maximum absolute atomic E-state index is 13.0. The number of hydrogen-bond donors (Lipinski definition) is 2. The number of likely N-dealkylation sites (N-methyl/N-ethyl adjacent to an activating group) is 1. The minimum Gasteiger partial charge on any atom is -0.463 e. The Morgan fingerprint density at radius 3 is 2.83 bits per heavy atom. The standard InChI is InChI=1S/C21H29ClN4O3/c1-3-26-17(14-25-11-6-9-23-10-12-25)18(20(27)29-4-2)19(24-21(26)28)15-7-5-8-16(22)13-15/h5,7-8,13,19,23H,3-4,6,9-12,14H2,1-2H3,(H,24,28). The highest BCUT2D eigenvalue weighted by molar-refractivity contribution is 6.30. The van der Waals surface area contributed by atoms with E-state index in [2.05, 4.69) is 15.5 Å². The van der Waals surface area contributed by atoms with E-state index in [1.165, 1.54) is 0 Å². The first kappa shape index (κ1) is 21.6. The van der Waals surface area contributed by atoms with Gasteiger partial charge in [0.2, 0.25) is 0 Å². The molecule has 3 rings (SSSR count). The molecule has 1 saturated heterocycles. The van der Waals surface area contributed by atoms with Crippen LogP contribution in [0.4, 0.5) is 4.79 Å². The number of carbonyl (C=O) groups excluding carboxylic acids is 2. The number of ether oxygens (including phenoxy) is 1. The first-order chi connectivity index (χ1) is 14.0. The van der Waals surface area contributed by atoms with Crippen molar-refractivity contribution in [1.82, 2.24) is 20.4 Å². The van der Waals surface area contributed by atoms with E-state index < -0.39 is 12.0 Å². The lowest BCUT2D eigenvalue weighted by atomic mass is 9.94. The third kappa shape index (κ3) is 5.10. The molecule has 29 heavy (non-hydrogen) atoms. The zero-order chi connectivity index (χ0) is 20.8. The Bertz CT molecular complexity index is 775. The molecule has 0 aliphatic carbocycles. The SMILES string of the molecule is CCOC(=O)C1=C(CN2CCCNCC2)N(CC)C(=O)NC1c1cccc(Cl)c1. The molecule has 2 heterocycles. The van der Waals surface area contributed by atoms with Crippen molar-refractivity contribution in [3.8, 4) is 0 Å². The third-order valence-corrected chi connectivity index (χ3v) is 5.47. The van der Waals surface area contributed by atoms with Crippen molar-refractivity contribution < 1.29 is 14.3 Å². The lowest BCUT2D eigenvalue weighted by molar-refractivity contribution is -0.139. The van der Waals surface area contributed by atoms with Crippen LogP contribution in [0.25, 0.3) is 0 Å². The molecule has 0 saturated carbocycles. The number of nitrogens with zero attached hydrogens (tertiary/aromatic N) is 2. The van der Waals surface area contributed by atoms with Crippen LogP contribution < -0.4 is 10.6 Å². The Balaban J connectivity index is 2.07. The number of rotatable bonds is 6. The maximum Gasteiger partial charge on any atom is 0.338 e. The number of esters is 1. The lowest BCUT2D eigenvalue weighted by Crippen LogP contribution is -2.51. The predicted octanol–water partition coefficient (Wildman–Crippen LogP) is 2.54. The highest BCUT2D eigenvalue weighted by atomic mass is 35.5. The second-order valence-electron chi connectivity index (χ2n) is 7.14. The average Bonchev–Trinajstić information content (AvgIpc) is 2.96. The van der Waals surface area contributed by atoms with E-state index in [9.17, 15) is 9.59 Å². The van der Waals surface area contributed by atoms with Crippen molar-refractivity contribution in [2.75, 3.05) is 45.9 Å². The second-order valence-corrected chi connectivity index (χ2v) is 7.58. The van der Waals surface area contributed by atoms with Gasteiger partial charge in [-0.25, -0.2) is 9.59 Å². The smallest absolute Gasteiger partial charge is 0.338 e. The zero-order valence-corrected chi connectivity index (χ0v) is 17.8. The normalized spacial score (nSPS) is 21.0. The molecule has 1 fully saturated rings. The van der Waals surface area contributed by atoms with Gasteiger partial charge in [-0.15, -0.1) is 0 Å². The summed E-state index contributed by atoms with van der Waals surface area (Å²) in [7, 11) is 0. The van der Waals surface area contributed by atoms with Crippen LogP contribution in [0.5, 0.6) is 0 Å². The fourth-order valence-corrected chi connectivity index (χ4v) is 4.06. The van der Waals surface area contributed by atoms with Gasteiger partial charge in [-0.05, 0) is 51.1 Å². The van der Waals surface area contributed by atoms with Crippen molar-refractivity contribution in [1.29, 1.82) is 0 Å². The van der Waals surface area contributed by atoms with Crippen LogP contribution in [0.1, 0.15) is 31.9 Å². The van der Waals surface area contributed by atoms with Crippen molar-refractivity contribution in [2.45, 2.75) is 26.3 Å². The Hall–Kier alpha value is -2.09. The van der Waals surface area contributed by atoms with Crippen LogP contribution in [0, 0.1) is 0 Å². The summed E-state index contributed by atoms with van der Waals surface area (Å²) in [4.78, 5) is 29.9. The van der Waals surface area contributed by atoms with E-state index >= 15 is 0 Å². The summed E-state index contributed by atoms with van der Waals surface area (Å²) in [5, 5.41) is 6.91. The number of nitrogens with one attached hydrogen (secondary N) is 2. The number of hydrogen-bond acceptors (Lipinski definition) is 5. The van der Waals surface area contributed by atoms with Crippen molar-refractivity contribution >= 4 is 23.6 Å². The summed E-state index contributed by atoms with van der Waals surface area (Å²) < 4.78 is 5.40. The van der Waals surface area contributed by atoms with Gasteiger partial charge in [-0.3, -0.25) is 9.80 Å². The molecule has 0 bridgehead atoms. The molecule has 1 aromatic carbocycles. The zero-order valence-electron chi connectivity index (χ0n) is 17.0. The Labute approximate surface area is 177 Å². The molecule has 0 spiro atoms. The van der Waals surface area contributed by atoms with Crippen LogP contribution in [-0.4, -0.2) is 67.7 Å². The van der Waals surface area contributed by atoms with Gasteiger partial charge >= 0.3 is 12.0 Å². The largest absolute Gasteiger partial charge is 0.463 e. The van der Waals surface area contributed by atoms with Gasteiger partial charge in [0.25, 0.3) is 0 Å². The highest BCUT2D eigenvalue weighted by Gasteiger charge is 2.38. The quantitative estimate of drug-likeness (QED) is 0.692. The molecule has 1 aromatic rings. The summed E-state index contributed by atoms with van der Waals surface area (Å²) in [6, 6.07) is 6.43. The fourth-order valence-electron chi connectivity index (χ4n) is 3.87. The summed E-state index contributed by atoms with van der Waals surface area (Å²) in [6.45, 7) is 8.59. The Morgan fingerprint density at radius 1 is 1.28 bits per heavy atom. The van der Waals surface area contributed by atoms with Gasteiger partial charge < -0.3 is 15.4 Å². The van der Waals surface area contributed by atoms with Crippen molar-refractivity contribution in [3.63, 3.8) is 0 Å². The van der Waals surface area contributed by atoms with Gasteiger partial charge in [0.05, 0.1) is 18.2 Å². The van der Waals surface area contributed by atoms with E-state index in [0.717, 1.165) is 38.2 Å². The predicted molar refractivity (Wildman–Crippen MR) is 113 cm³/mol. The summed E-state index contributed by atoms with van der Waals surface area (Å²) >= 11 is 6.18. The van der Waals surface area contributed by atoms with Crippen LogP contribution in [-0.2, 0) is 9.53 Å². The van der Waals surface area contributed by atoms with Crippen LogP contribution in [0.3, 0.4) is 0 Å². The topological polar surface area (TPSA) is 73.9 Å². The molecule has 7 nitrogen and oxygen atoms in total. The second kappa shape index (κ2) is 10.1. The molecular weight excluding hydrogens is 392 g/mol. The van der Waals surface area contributed by atoms with E-state index in [0.29, 0.717) is 29.4 Å². The number of benzene rings is 1. The third-order valence-electron chi connectivity index (χ3n) is 5.24. The molecule has 1 atom stereocenters. The summed E-state index contributed by atoms with van der Waals surface area (Å²) in [5.74, 6) is -0.404. The first-order valence-corrected chi connectivity index (χ1v) is 10.6. The maximum atomic E-state index is 13.0. The molecule has 2 aliphatic rings. The monoisotopic (exact) mass is 420 g/mol. The van der Waals surface area contributed by atoms with Gasteiger partial charge in [0.1, 0.15) is 0 Å². The van der Waals surface area contributed by atoms with E-state index in [1.807, 2.05) is 19.1 Å². The first-order valence-electron chi connectivity index (χ1n) is 10.2. The summed E-state index contributed by atoms with van der Waals surface area (Å²) in [6.07, 6.45) is 1.03. The number of halogens is 1. The number of carbonyl (C=O) groups is 2. The number of amides is 2. The van der Waals surface area contributed by atoms with Gasteiger partial charge in [0.15, 0.2) is 0 Å². The number of urea groups is 1. The highest BCUT2D eigenvalue weighted by Crippen LogP contribution is 2.33. The molecule has 0 radical (unpaired) electrons.